The first-order valence-electron chi connectivity index (χ1n) is 13.1. The van der Waals surface area contributed by atoms with E-state index in [1.54, 1.807) is 24.8 Å². The summed E-state index contributed by atoms with van der Waals surface area (Å²) in [6.45, 7) is 4.08. The fourth-order valence-electron chi connectivity index (χ4n) is 6.09. The lowest BCUT2D eigenvalue weighted by molar-refractivity contribution is -0.136. The van der Waals surface area contributed by atoms with Gasteiger partial charge in [-0.2, -0.15) is 5.26 Å². The number of hydrogen-bond acceptors (Lipinski definition) is 5. The second kappa shape index (κ2) is 9.77. The van der Waals surface area contributed by atoms with E-state index in [0.717, 1.165) is 16.5 Å². The number of benzene rings is 2. The zero-order chi connectivity index (χ0) is 28.1. The van der Waals surface area contributed by atoms with Gasteiger partial charge >= 0.3 is 0 Å². The maximum absolute atomic E-state index is 14.2. The number of anilines is 1. The van der Waals surface area contributed by atoms with Crippen LogP contribution in [0.2, 0.25) is 0 Å². The van der Waals surface area contributed by atoms with Crippen molar-refractivity contribution in [2.24, 2.45) is 13.0 Å². The molecule has 5 rings (SSSR count). The molecule has 1 fully saturated rings. The Kier molecular flexibility index (Phi) is 6.59. The molecule has 1 aromatic heterocycles. The highest BCUT2D eigenvalue weighted by atomic mass is 16.5. The molecule has 2 aliphatic heterocycles. The number of hydrogen-bond donors (Lipinski definition) is 1. The van der Waals surface area contributed by atoms with Crippen LogP contribution in [0.5, 0.6) is 5.75 Å². The first-order chi connectivity index (χ1) is 18.6. The molecule has 1 N–H and O–H groups in total. The Hall–Kier alpha value is -4.32. The van der Waals surface area contributed by atoms with Gasteiger partial charge in [-0.25, -0.2) is 0 Å². The zero-order valence-corrected chi connectivity index (χ0v) is 22.9. The first-order valence-corrected chi connectivity index (χ1v) is 13.1. The van der Waals surface area contributed by atoms with Gasteiger partial charge in [-0.1, -0.05) is 38.1 Å². The number of likely N-dealkylation sites (tertiary alicyclic amines) is 1. The van der Waals surface area contributed by atoms with Gasteiger partial charge < -0.3 is 24.4 Å². The summed E-state index contributed by atoms with van der Waals surface area (Å²) < 4.78 is 7.29. The van der Waals surface area contributed by atoms with E-state index in [-0.39, 0.29) is 36.6 Å². The molecular weight excluding hydrogens is 494 g/mol. The third kappa shape index (κ3) is 4.11. The number of fused-ring (bicyclic) bond motifs is 3. The predicted molar refractivity (Wildman–Crippen MR) is 147 cm³/mol. The van der Waals surface area contributed by atoms with Gasteiger partial charge in [0.1, 0.15) is 23.5 Å². The van der Waals surface area contributed by atoms with Crippen molar-refractivity contribution in [2.75, 3.05) is 26.0 Å². The van der Waals surface area contributed by atoms with Crippen LogP contribution in [0.3, 0.4) is 0 Å². The van der Waals surface area contributed by atoms with Crippen LogP contribution in [-0.2, 0) is 22.1 Å². The summed E-state index contributed by atoms with van der Waals surface area (Å²) in [6, 6.07) is 15.5. The number of likely N-dealkylation sites (N-methyl/N-ethyl adjacent to an activating group) is 1. The number of nitriles is 1. The van der Waals surface area contributed by atoms with Crippen LogP contribution in [0.4, 0.5) is 5.69 Å². The minimum atomic E-state index is -0.982. The highest BCUT2D eigenvalue weighted by molar-refractivity contribution is 6.07. The molecule has 1 unspecified atom stereocenters. The molecule has 0 saturated carbocycles. The topological polar surface area (TPSA) is 108 Å². The second-order valence-corrected chi connectivity index (χ2v) is 10.9. The molecule has 3 atom stereocenters. The molecule has 0 bridgehead atoms. The molecule has 3 amide bonds. The van der Waals surface area contributed by atoms with Crippen molar-refractivity contribution < 1.29 is 19.1 Å². The van der Waals surface area contributed by atoms with Crippen molar-refractivity contribution in [2.45, 2.75) is 44.2 Å². The van der Waals surface area contributed by atoms with Gasteiger partial charge in [0.2, 0.25) is 11.8 Å². The lowest BCUT2D eigenvalue weighted by atomic mass is 9.80. The molecule has 202 valence electrons. The smallest absolute Gasteiger partial charge is 0.270 e. The Balaban J connectivity index is 1.48. The van der Waals surface area contributed by atoms with Crippen molar-refractivity contribution in [1.82, 2.24) is 14.4 Å². The Labute approximate surface area is 227 Å². The summed E-state index contributed by atoms with van der Waals surface area (Å²) in [4.78, 5) is 44.2. The Morgan fingerprint density at radius 1 is 1.23 bits per heavy atom. The first kappa shape index (κ1) is 26.3. The fourth-order valence-corrected chi connectivity index (χ4v) is 6.09. The highest BCUT2D eigenvalue weighted by Crippen LogP contribution is 2.46. The SMILES string of the molecule is COc1cccc2c1cc(C(=O)N(C)[C@@H](CC(C)C)C(=O)N1C[C@]3(CC1C#N)C(=O)Nc1ccccc13)n2C. The molecule has 2 aliphatic rings. The number of ether oxygens (including phenoxy) is 1. The number of rotatable bonds is 6. The number of carbonyl (C=O) groups excluding carboxylic acids is 3. The number of aromatic nitrogens is 1. The molecule has 3 aromatic rings. The van der Waals surface area contributed by atoms with Gasteiger partial charge in [0, 0.05) is 38.1 Å². The molecule has 39 heavy (non-hydrogen) atoms. The quantitative estimate of drug-likeness (QED) is 0.526. The van der Waals surface area contributed by atoms with Crippen molar-refractivity contribution >= 4 is 34.3 Å². The summed E-state index contributed by atoms with van der Waals surface area (Å²) in [5.74, 6) is -0.0606. The van der Waals surface area contributed by atoms with Crippen LogP contribution in [0.15, 0.2) is 48.5 Å². The monoisotopic (exact) mass is 527 g/mol. The number of methoxy groups -OCH3 is 1. The van der Waals surface area contributed by atoms with Crippen LogP contribution in [0.25, 0.3) is 10.9 Å². The minimum Gasteiger partial charge on any atom is -0.496 e. The van der Waals surface area contributed by atoms with Crippen molar-refractivity contribution in [3.63, 3.8) is 0 Å². The maximum atomic E-state index is 14.2. The third-order valence-corrected chi connectivity index (χ3v) is 8.17. The summed E-state index contributed by atoms with van der Waals surface area (Å²) in [5.41, 5.74) is 1.81. The number of nitrogens with one attached hydrogen (secondary N) is 1. The second-order valence-electron chi connectivity index (χ2n) is 10.9. The summed E-state index contributed by atoms with van der Waals surface area (Å²) in [5, 5.41) is 13.8. The molecule has 0 radical (unpaired) electrons. The van der Waals surface area contributed by atoms with Gasteiger partial charge in [0.25, 0.3) is 5.91 Å². The summed E-state index contributed by atoms with van der Waals surface area (Å²) in [6.07, 6.45) is 0.631. The van der Waals surface area contributed by atoms with Gasteiger partial charge in [-0.15, -0.1) is 0 Å². The van der Waals surface area contributed by atoms with Crippen LogP contribution in [0.1, 0.15) is 42.7 Å². The number of carbonyl (C=O) groups is 3. The lowest BCUT2D eigenvalue weighted by Crippen LogP contribution is -2.52. The molecule has 1 saturated heterocycles. The zero-order valence-electron chi connectivity index (χ0n) is 22.9. The van der Waals surface area contributed by atoms with Crippen LogP contribution < -0.4 is 10.1 Å². The van der Waals surface area contributed by atoms with Crippen molar-refractivity contribution in [3.05, 3.63) is 59.8 Å². The average molecular weight is 528 g/mol. The highest BCUT2D eigenvalue weighted by Gasteiger charge is 2.56. The molecule has 1 spiro atoms. The minimum absolute atomic E-state index is 0.0920. The normalized spacial score (nSPS) is 20.7. The largest absolute Gasteiger partial charge is 0.496 e. The Morgan fingerprint density at radius 2 is 1.97 bits per heavy atom. The fraction of sp³-hybridized carbons (Fsp3) is 0.400. The molecule has 0 aliphatic carbocycles. The van der Waals surface area contributed by atoms with E-state index in [2.05, 4.69) is 11.4 Å². The number of para-hydroxylation sites is 1. The van der Waals surface area contributed by atoms with Gasteiger partial charge in [0.15, 0.2) is 0 Å². The van der Waals surface area contributed by atoms with E-state index in [1.807, 2.05) is 63.4 Å². The summed E-state index contributed by atoms with van der Waals surface area (Å²) in [7, 11) is 5.03. The number of nitrogens with zero attached hydrogens (tertiary/aromatic N) is 4. The Morgan fingerprint density at radius 3 is 2.67 bits per heavy atom. The molecule has 9 heteroatoms. The average Bonchev–Trinajstić information content (AvgIpc) is 3.58. The van der Waals surface area contributed by atoms with E-state index in [0.29, 0.717) is 23.6 Å². The maximum Gasteiger partial charge on any atom is 0.270 e. The van der Waals surface area contributed by atoms with E-state index < -0.39 is 17.5 Å². The molecule has 3 heterocycles. The van der Waals surface area contributed by atoms with Gasteiger partial charge in [-0.3, -0.25) is 14.4 Å². The van der Waals surface area contributed by atoms with Crippen molar-refractivity contribution in [1.29, 1.82) is 5.26 Å². The van der Waals surface area contributed by atoms with E-state index in [4.69, 9.17) is 4.74 Å². The van der Waals surface area contributed by atoms with Crippen LogP contribution in [0, 0.1) is 17.2 Å². The lowest BCUT2D eigenvalue weighted by Gasteiger charge is -2.33. The number of aryl methyl sites for hydroxylation is 1. The van der Waals surface area contributed by atoms with E-state index in [1.165, 1.54) is 9.80 Å². The predicted octanol–water partition coefficient (Wildman–Crippen LogP) is 3.69. The molecule has 9 nitrogen and oxygen atoms in total. The van der Waals surface area contributed by atoms with Crippen LogP contribution >= 0.6 is 0 Å². The molecule has 2 aromatic carbocycles. The third-order valence-electron chi connectivity index (χ3n) is 8.17. The number of amides is 3. The molecular formula is C30H33N5O4. The van der Waals surface area contributed by atoms with Gasteiger partial charge in [-0.05, 0) is 42.2 Å². The van der Waals surface area contributed by atoms with Gasteiger partial charge in [0.05, 0.1) is 24.1 Å². The summed E-state index contributed by atoms with van der Waals surface area (Å²) >= 11 is 0. The van der Waals surface area contributed by atoms with E-state index >= 15 is 0 Å². The van der Waals surface area contributed by atoms with E-state index in [9.17, 15) is 19.6 Å². The Bertz CT molecular complexity index is 1520. The van der Waals surface area contributed by atoms with Crippen molar-refractivity contribution in [3.8, 4) is 11.8 Å². The standard InChI is InChI=1S/C30H33N5O4/c1-18(2)13-24(34(4)27(36)25-14-20-23(33(25)3)11-8-12-26(20)39-5)28(37)35-17-30(15-19(35)16-31)21-9-6-7-10-22(21)32-29(30)38/h6-12,14,18-19,24H,13,15,17H2,1-5H3,(H,32,38)/t19?,24-,30-/m0/s1. The van der Waals surface area contributed by atoms with Crippen LogP contribution in [-0.4, -0.2) is 64.9 Å².